The molecular weight excluding hydrogens is 316 g/mol. The molecule has 2 aromatic rings. The van der Waals surface area contributed by atoms with E-state index in [4.69, 9.17) is 0 Å². The van der Waals surface area contributed by atoms with Crippen LogP contribution in [0, 0.1) is 10.1 Å². The summed E-state index contributed by atoms with van der Waals surface area (Å²) >= 11 is 0. The number of benzene rings is 1. The molecule has 126 valence electrons. The molecule has 0 saturated carbocycles. The number of amides is 1. The highest BCUT2D eigenvalue weighted by atomic mass is 16.6. The molecule has 0 spiro atoms. The number of nitro benzene ring substituents is 1. The highest BCUT2D eigenvalue weighted by Gasteiger charge is 2.33. The number of carboxylic acid groups (broad SMARTS) is 1. The lowest BCUT2D eigenvalue weighted by molar-refractivity contribution is -0.384. The molecule has 0 aliphatic rings. The first-order valence-corrected chi connectivity index (χ1v) is 7.13. The van der Waals surface area contributed by atoms with E-state index in [1.165, 1.54) is 48.1 Å². The monoisotopic (exact) mass is 332 g/mol. The zero-order valence-electron chi connectivity index (χ0n) is 13.1. The Morgan fingerprint density at radius 2 is 1.96 bits per heavy atom. The van der Waals surface area contributed by atoms with E-state index in [1.54, 1.807) is 6.92 Å². The number of nitrogens with zero attached hydrogens (tertiary/aromatic N) is 3. The molecular formula is C15H16N4O5. The Balaban J connectivity index is 2.19. The quantitative estimate of drug-likeness (QED) is 0.613. The summed E-state index contributed by atoms with van der Waals surface area (Å²) in [5, 5.41) is 26.3. The van der Waals surface area contributed by atoms with Crippen molar-refractivity contribution in [1.29, 1.82) is 0 Å². The standard InChI is InChI=1S/C15H16N4O5/c1-3-15(2,14(21)22)16-13(20)12-8-9-18(17-12)10-4-6-11(7-5-10)19(23)24/h4-9H,3H2,1-2H3,(H,16,20)(H,21,22). The molecule has 9 nitrogen and oxygen atoms in total. The van der Waals surface area contributed by atoms with Crippen molar-refractivity contribution in [2.75, 3.05) is 0 Å². The van der Waals surface area contributed by atoms with Crippen LogP contribution < -0.4 is 5.32 Å². The van der Waals surface area contributed by atoms with Crippen molar-refractivity contribution >= 4 is 17.6 Å². The number of carboxylic acids is 1. The average Bonchev–Trinajstić information content (AvgIpc) is 3.04. The molecule has 1 aromatic heterocycles. The zero-order chi connectivity index (χ0) is 17.9. The Kier molecular flexibility index (Phi) is 4.63. The average molecular weight is 332 g/mol. The topological polar surface area (TPSA) is 127 Å². The van der Waals surface area contributed by atoms with Gasteiger partial charge < -0.3 is 10.4 Å². The van der Waals surface area contributed by atoms with Crippen molar-refractivity contribution in [3.8, 4) is 5.69 Å². The Hall–Kier alpha value is -3.23. The first kappa shape index (κ1) is 17.1. The van der Waals surface area contributed by atoms with Crippen molar-refractivity contribution in [3.63, 3.8) is 0 Å². The van der Waals surface area contributed by atoms with Gasteiger partial charge in [-0.3, -0.25) is 14.9 Å². The summed E-state index contributed by atoms with van der Waals surface area (Å²) in [5.41, 5.74) is -0.844. The van der Waals surface area contributed by atoms with Gasteiger partial charge in [0.15, 0.2) is 5.69 Å². The predicted octanol–water partition coefficient (Wildman–Crippen LogP) is 1.76. The van der Waals surface area contributed by atoms with Crippen molar-refractivity contribution < 1.29 is 19.6 Å². The van der Waals surface area contributed by atoms with Crippen LogP contribution in [0.25, 0.3) is 5.69 Å². The third-order valence-corrected chi connectivity index (χ3v) is 3.72. The van der Waals surface area contributed by atoms with Gasteiger partial charge in [0.25, 0.3) is 11.6 Å². The minimum absolute atomic E-state index is 0.0503. The minimum Gasteiger partial charge on any atom is -0.480 e. The van der Waals surface area contributed by atoms with Gasteiger partial charge in [0.2, 0.25) is 0 Å². The van der Waals surface area contributed by atoms with Gasteiger partial charge in [0.1, 0.15) is 5.54 Å². The highest BCUT2D eigenvalue weighted by molar-refractivity contribution is 5.96. The number of hydrogen-bond acceptors (Lipinski definition) is 5. The van der Waals surface area contributed by atoms with Gasteiger partial charge >= 0.3 is 5.97 Å². The Morgan fingerprint density at radius 1 is 1.33 bits per heavy atom. The van der Waals surface area contributed by atoms with Crippen LogP contribution in [-0.2, 0) is 4.79 Å². The molecule has 24 heavy (non-hydrogen) atoms. The molecule has 2 N–H and O–H groups in total. The Bertz CT molecular complexity index is 783. The molecule has 1 atom stereocenters. The van der Waals surface area contributed by atoms with Gasteiger partial charge in [-0.05, 0) is 31.5 Å². The van der Waals surface area contributed by atoms with Crippen LogP contribution in [0.5, 0.6) is 0 Å². The van der Waals surface area contributed by atoms with Gasteiger partial charge in [0, 0.05) is 18.3 Å². The van der Waals surface area contributed by atoms with Gasteiger partial charge in [-0.15, -0.1) is 0 Å². The van der Waals surface area contributed by atoms with Crippen LogP contribution in [-0.4, -0.2) is 37.2 Å². The van der Waals surface area contributed by atoms with Crippen molar-refractivity contribution in [3.05, 3.63) is 52.3 Å². The van der Waals surface area contributed by atoms with Crippen molar-refractivity contribution in [2.45, 2.75) is 25.8 Å². The summed E-state index contributed by atoms with van der Waals surface area (Å²) in [6, 6.07) is 7.10. The smallest absolute Gasteiger partial charge is 0.329 e. The number of aliphatic carboxylic acids is 1. The lowest BCUT2D eigenvalue weighted by atomic mass is 9.99. The van der Waals surface area contributed by atoms with Crippen LogP contribution in [0.2, 0.25) is 0 Å². The zero-order valence-corrected chi connectivity index (χ0v) is 13.1. The van der Waals surface area contributed by atoms with Crippen LogP contribution in [0.3, 0.4) is 0 Å². The second-order valence-corrected chi connectivity index (χ2v) is 5.36. The number of carbonyl (C=O) groups is 2. The fraction of sp³-hybridized carbons (Fsp3) is 0.267. The van der Waals surface area contributed by atoms with E-state index >= 15 is 0 Å². The van der Waals surface area contributed by atoms with Gasteiger partial charge in [-0.2, -0.15) is 5.10 Å². The molecule has 0 aliphatic carbocycles. The summed E-state index contributed by atoms with van der Waals surface area (Å²) in [6.45, 7) is 3.07. The molecule has 9 heteroatoms. The third-order valence-electron chi connectivity index (χ3n) is 3.72. The molecule has 1 heterocycles. The van der Waals surface area contributed by atoms with Crippen molar-refractivity contribution in [1.82, 2.24) is 15.1 Å². The van der Waals surface area contributed by atoms with E-state index in [-0.39, 0.29) is 17.8 Å². The molecule has 0 bridgehead atoms. The normalized spacial score (nSPS) is 13.1. The number of aromatic nitrogens is 2. The van der Waals surface area contributed by atoms with Crippen LogP contribution in [0.1, 0.15) is 30.8 Å². The van der Waals surface area contributed by atoms with E-state index in [0.29, 0.717) is 5.69 Å². The Labute approximate surface area is 137 Å². The number of carbonyl (C=O) groups excluding carboxylic acids is 1. The van der Waals surface area contributed by atoms with E-state index in [9.17, 15) is 24.8 Å². The minimum atomic E-state index is -1.38. The molecule has 0 aliphatic heterocycles. The number of nitrogens with one attached hydrogen (secondary N) is 1. The predicted molar refractivity (Wildman–Crippen MR) is 84.0 cm³/mol. The van der Waals surface area contributed by atoms with E-state index in [2.05, 4.69) is 10.4 Å². The van der Waals surface area contributed by atoms with Gasteiger partial charge in [0.05, 0.1) is 10.6 Å². The lowest BCUT2D eigenvalue weighted by Gasteiger charge is -2.23. The molecule has 0 fully saturated rings. The summed E-state index contributed by atoms with van der Waals surface area (Å²) in [4.78, 5) is 33.5. The summed E-state index contributed by atoms with van der Waals surface area (Å²) < 4.78 is 1.38. The number of rotatable bonds is 6. The highest BCUT2D eigenvalue weighted by Crippen LogP contribution is 2.15. The van der Waals surface area contributed by atoms with Crippen molar-refractivity contribution in [2.24, 2.45) is 0 Å². The third kappa shape index (κ3) is 3.40. The summed E-state index contributed by atoms with van der Waals surface area (Å²) in [5.74, 6) is -1.74. The largest absolute Gasteiger partial charge is 0.480 e. The molecule has 2 rings (SSSR count). The van der Waals surface area contributed by atoms with E-state index in [1.807, 2.05) is 0 Å². The summed E-state index contributed by atoms with van der Waals surface area (Å²) in [7, 11) is 0. The fourth-order valence-electron chi connectivity index (χ4n) is 1.92. The maximum absolute atomic E-state index is 12.2. The second-order valence-electron chi connectivity index (χ2n) is 5.36. The van der Waals surface area contributed by atoms with Crippen LogP contribution >= 0.6 is 0 Å². The number of non-ortho nitro benzene ring substituents is 1. The molecule has 1 amide bonds. The molecule has 0 saturated heterocycles. The first-order chi connectivity index (χ1) is 11.3. The first-order valence-electron chi connectivity index (χ1n) is 7.13. The molecule has 1 aromatic carbocycles. The van der Waals surface area contributed by atoms with E-state index < -0.39 is 22.3 Å². The maximum Gasteiger partial charge on any atom is 0.329 e. The van der Waals surface area contributed by atoms with Crippen LogP contribution in [0.15, 0.2) is 36.5 Å². The summed E-state index contributed by atoms with van der Waals surface area (Å²) in [6.07, 6.45) is 1.73. The van der Waals surface area contributed by atoms with Gasteiger partial charge in [-0.25, -0.2) is 9.48 Å². The molecule has 1 unspecified atom stereocenters. The second kappa shape index (κ2) is 6.49. The molecule has 0 radical (unpaired) electrons. The lowest BCUT2D eigenvalue weighted by Crippen LogP contribution is -2.51. The number of hydrogen-bond donors (Lipinski definition) is 2. The van der Waals surface area contributed by atoms with E-state index in [0.717, 1.165) is 0 Å². The van der Waals surface area contributed by atoms with Crippen LogP contribution in [0.4, 0.5) is 5.69 Å². The SMILES string of the molecule is CCC(C)(NC(=O)c1ccn(-c2ccc([N+](=O)[O-])cc2)n1)C(=O)O. The fourth-order valence-corrected chi connectivity index (χ4v) is 1.92. The Morgan fingerprint density at radius 3 is 2.46 bits per heavy atom. The van der Waals surface area contributed by atoms with Gasteiger partial charge in [-0.1, -0.05) is 6.92 Å². The number of nitro groups is 1. The maximum atomic E-state index is 12.2.